The first kappa shape index (κ1) is 16.1. The highest BCUT2D eigenvalue weighted by molar-refractivity contribution is 7.09. The van der Waals surface area contributed by atoms with E-state index in [1.165, 1.54) is 5.56 Å². The summed E-state index contributed by atoms with van der Waals surface area (Å²) in [6, 6.07) is 10.4. The lowest BCUT2D eigenvalue weighted by Crippen LogP contribution is -2.42. The standard InChI is InChI=1S/C18H23N3OS/c1-13(19)15-7-9-21(10-8-15)18(22)16-12-23-17(20-16)11-14-5-3-2-4-6-14/h2-6,12-13,15H,7-11,19H2,1H3. The lowest BCUT2D eigenvalue weighted by molar-refractivity contribution is 0.0675. The molecule has 0 spiro atoms. The van der Waals surface area contributed by atoms with Gasteiger partial charge >= 0.3 is 0 Å². The van der Waals surface area contributed by atoms with Crippen molar-refractivity contribution in [1.29, 1.82) is 0 Å². The number of piperidine rings is 1. The van der Waals surface area contributed by atoms with Crippen molar-refractivity contribution in [3.8, 4) is 0 Å². The number of hydrogen-bond donors (Lipinski definition) is 1. The monoisotopic (exact) mass is 329 g/mol. The van der Waals surface area contributed by atoms with Gasteiger partial charge in [-0.25, -0.2) is 4.98 Å². The number of rotatable bonds is 4. The van der Waals surface area contributed by atoms with Gasteiger partial charge in [-0.05, 0) is 31.2 Å². The van der Waals surface area contributed by atoms with Gasteiger partial charge in [-0.1, -0.05) is 30.3 Å². The number of amides is 1. The van der Waals surface area contributed by atoms with Crippen LogP contribution in [0.15, 0.2) is 35.7 Å². The Bertz CT molecular complexity index is 645. The number of nitrogens with two attached hydrogens (primary N) is 1. The van der Waals surface area contributed by atoms with Crippen molar-refractivity contribution >= 4 is 17.2 Å². The van der Waals surface area contributed by atoms with Gasteiger partial charge in [0.15, 0.2) is 0 Å². The molecule has 1 atom stereocenters. The van der Waals surface area contributed by atoms with E-state index in [9.17, 15) is 4.79 Å². The molecule has 1 amide bonds. The fraction of sp³-hybridized carbons (Fsp3) is 0.444. The summed E-state index contributed by atoms with van der Waals surface area (Å²) in [6.45, 7) is 3.63. The van der Waals surface area contributed by atoms with Gasteiger partial charge in [0.05, 0.1) is 5.01 Å². The smallest absolute Gasteiger partial charge is 0.273 e. The van der Waals surface area contributed by atoms with Gasteiger partial charge in [-0.3, -0.25) is 4.79 Å². The molecule has 3 rings (SSSR count). The summed E-state index contributed by atoms with van der Waals surface area (Å²) in [7, 11) is 0. The fourth-order valence-electron chi connectivity index (χ4n) is 3.05. The molecular formula is C18H23N3OS. The zero-order valence-corrected chi connectivity index (χ0v) is 14.3. The summed E-state index contributed by atoms with van der Waals surface area (Å²) in [5.41, 5.74) is 7.77. The first-order chi connectivity index (χ1) is 11.1. The van der Waals surface area contributed by atoms with Crippen molar-refractivity contribution < 1.29 is 4.79 Å². The molecule has 1 unspecified atom stereocenters. The van der Waals surface area contributed by atoms with Gasteiger partial charge in [0.1, 0.15) is 5.69 Å². The molecule has 0 saturated carbocycles. The molecule has 23 heavy (non-hydrogen) atoms. The van der Waals surface area contributed by atoms with Gasteiger partial charge in [0.2, 0.25) is 0 Å². The van der Waals surface area contributed by atoms with E-state index in [-0.39, 0.29) is 11.9 Å². The van der Waals surface area contributed by atoms with Crippen LogP contribution >= 0.6 is 11.3 Å². The molecule has 1 fully saturated rings. The van der Waals surface area contributed by atoms with Gasteiger partial charge < -0.3 is 10.6 Å². The second kappa shape index (κ2) is 7.23. The number of carbonyl (C=O) groups excluding carboxylic acids is 1. The number of nitrogens with zero attached hydrogens (tertiary/aromatic N) is 2. The van der Waals surface area contributed by atoms with E-state index in [1.807, 2.05) is 28.5 Å². The second-order valence-corrected chi connectivity index (χ2v) is 7.22. The van der Waals surface area contributed by atoms with Crippen LogP contribution in [0.25, 0.3) is 0 Å². The molecule has 0 aliphatic carbocycles. The Hall–Kier alpha value is -1.72. The summed E-state index contributed by atoms with van der Waals surface area (Å²) in [5.74, 6) is 0.590. The molecule has 0 radical (unpaired) electrons. The number of benzene rings is 1. The minimum absolute atomic E-state index is 0.0590. The van der Waals surface area contributed by atoms with Crippen molar-refractivity contribution in [1.82, 2.24) is 9.88 Å². The van der Waals surface area contributed by atoms with Crippen LogP contribution < -0.4 is 5.73 Å². The van der Waals surface area contributed by atoms with Crippen molar-refractivity contribution in [2.24, 2.45) is 11.7 Å². The number of hydrogen-bond acceptors (Lipinski definition) is 4. The summed E-state index contributed by atoms with van der Waals surface area (Å²) in [5, 5.41) is 2.88. The van der Waals surface area contributed by atoms with Crippen molar-refractivity contribution in [3.05, 3.63) is 52.0 Å². The molecule has 2 N–H and O–H groups in total. The summed E-state index contributed by atoms with van der Waals surface area (Å²) >= 11 is 1.56. The highest BCUT2D eigenvalue weighted by Crippen LogP contribution is 2.22. The van der Waals surface area contributed by atoms with Crippen molar-refractivity contribution in [3.63, 3.8) is 0 Å². The molecule has 1 saturated heterocycles. The predicted octanol–water partition coefficient (Wildman–Crippen LogP) is 2.93. The van der Waals surface area contributed by atoms with E-state index in [0.717, 1.165) is 37.4 Å². The van der Waals surface area contributed by atoms with E-state index < -0.39 is 0 Å². The van der Waals surface area contributed by atoms with Crippen LogP contribution in [-0.2, 0) is 6.42 Å². The molecule has 4 nitrogen and oxygen atoms in total. The molecule has 0 bridgehead atoms. The van der Waals surface area contributed by atoms with Gasteiger partial charge in [-0.15, -0.1) is 11.3 Å². The molecule has 122 valence electrons. The first-order valence-electron chi connectivity index (χ1n) is 8.16. The average Bonchev–Trinajstić information content (AvgIpc) is 3.03. The Morgan fingerprint density at radius 3 is 2.70 bits per heavy atom. The zero-order valence-electron chi connectivity index (χ0n) is 13.4. The van der Waals surface area contributed by atoms with Crippen LogP contribution in [0.4, 0.5) is 0 Å². The highest BCUT2D eigenvalue weighted by atomic mass is 32.1. The van der Waals surface area contributed by atoms with Gasteiger partial charge in [0, 0.05) is 30.9 Å². The lowest BCUT2D eigenvalue weighted by Gasteiger charge is -2.33. The SMILES string of the molecule is CC(N)C1CCN(C(=O)c2csc(Cc3ccccc3)n2)CC1. The number of likely N-dealkylation sites (tertiary alicyclic amines) is 1. The van der Waals surface area contributed by atoms with Crippen LogP contribution in [0.2, 0.25) is 0 Å². The second-order valence-electron chi connectivity index (χ2n) is 6.28. The number of thiazole rings is 1. The largest absolute Gasteiger partial charge is 0.337 e. The molecule has 1 aromatic carbocycles. The molecule has 5 heteroatoms. The maximum Gasteiger partial charge on any atom is 0.273 e. The van der Waals surface area contributed by atoms with E-state index in [4.69, 9.17) is 5.73 Å². The molecule has 1 aromatic heterocycles. The maximum absolute atomic E-state index is 12.6. The minimum Gasteiger partial charge on any atom is -0.337 e. The Morgan fingerprint density at radius 1 is 1.35 bits per heavy atom. The van der Waals surface area contributed by atoms with Crippen LogP contribution in [0.5, 0.6) is 0 Å². The third-order valence-electron chi connectivity index (χ3n) is 4.54. The zero-order chi connectivity index (χ0) is 16.2. The molecule has 2 heterocycles. The van der Waals surface area contributed by atoms with E-state index in [0.29, 0.717) is 11.6 Å². The normalized spacial score (nSPS) is 17.2. The van der Waals surface area contributed by atoms with Crippen LogP contribution in [0.1, 0.15) is 40.8 Å². The first-order valence-corrected chi connectivity index (χ1v) is 9.04. The van der Waals surface area contributed by atoms with E-state index in [1.54, 1.807) is 11.3 Å². The Morgan fingerprint density at radius 2 is 2.04 bits per heavy atom. The average molecular weight is 329 g/mol. The molecule has 1 aliphatic rings. The van der Waals surface area contributed by atoms with E-state index >= 15 is 0 Å². The minimum atomic E-state index is 0.0590. The van der Waals surface area contributed by atoms with Crippen molar-refractivity contribution in [2.75, 3.05) is 13.1 Å². The topological polar surface area (TPSA) is 59.2 Å². The Kier molecular flexibility index (Phi) is 5.08. The number of carbonyl (C=O) groups is 1. The van der Waals surface area contributed by atoms with Crippen LogP contribution in [-0.4, -0.2) is 34.9 Å². The number of aromatic nitrogens is 1. The molecule has 1 aliphatic heterocycles. The Labute approximate surface area is 141 Å². The van der Waals surface area contributed by atoms with Gasteiger partial charge in [-0.2, -0.15) is 0 Å². The van der Waals surface area contributed by atoms with E-state index in [2.05, 4.69) is 24.0 Å². The highest BCUT2D eigenvalue weighted by Gasteiger charge is 2.26. The predicted molar refractivity (Wildman–Crippen MR) is 93.6 cm³/mol. The Balaban J connectivity index is 1.61. The van der Waals surface area contributed by atoms with Crippen LogP contribution in [0, 0.1) is 5.92 Å². The molecular weight excluding hydrogens is 306 g/mol. The maximum atomic E-state index is 12.6. The third-order valence-corrected chi connectivity index (χ3v) is 5.39. The quantitative estimate of drug-likeness (QED) is 0.938. The summed E-state index contributed by atoms with van der Waals surface area (Å²) in [4.78, 5) is 19.0. The van der Waals surface area contributed by atoms with Gasteiger partial charge in [0.25, 0.3) is 5.91 Å². The third kappa shape index (κ3) is 3.98. The van der Waals surface area contributed by atoms with Crippen LogP contribution in [0.3, 0.4) is 0 Å². The lowest BCUT2D eigenvalue weighted by atomic mass is 9.91. The summed E-state index contributed by atoms with van der Waals surface area (Å²) in [6.07, 6.45) is 2.76. The fourth-order valence-corrected chi connectivity index (χ4v) is 3.85. The molecule has 2 aromatic rings. The summed E-state index contributed by atoms with van der Waals surface area (Å²) < 4.78 is 0. The van der Waals surface area contributed by atoms with Crippen molar-refractivity contribution in [2.45, 2.75) is 32.2 Å².